The van der Waals surface area contributed by atoms with Crippen LogP contribution in [-0.4, -0.2) is 35.4 Å². The highest BCUT2D eigenvalue weighted by molar-refractivity contribution is 5.96. The van der Waals surface area contributed by atoms with Crippen molar-refractivity contribution in [1.29, 1.82) is 0 Å². The summed E-state index contributed by atoms with van der Waals surface area (Å²) in [5.74, 6) is -3.79. The first-order chi connectivity index (χ1) is 15.3. The molecule has 0 unspecified atom stereocenters. The largest absolute Gasteiger partial charge is 0.494 e. The summed E-state index contributed by atoms with van der Waals surface area (Å²) in [6, 6.07) is 4.72. The summed E-state index contributed by atoms with van der Waals surface area (Å²) < 4.78 is 58.1. The molecule has 1 heterocycles. The van der Waals surface area contributed by atoms with Gasteiger partial charge in [-0.1, -0.05) is 6.07 Å². The fraction of sp³-hybridized carbons (Fsp3) is 0.150. The molecule has 0 aliphatic heterocycles. The molecule has 0 saturated carbocycles. The number of nitrogen functional groups attached to an aromatic ring is 1. The maximum atomic E-state index is 14.4. The lowest BCUT2D eigenvalue weighted by molar-refractivity contribution is 0.204. The van der Waals surface area contributed by atoms with Gasteiger partial charge in [-0.2, -0.15) is 0 Å². The van der Waals surface area contributed by atoms with Crippen molar-refractivity contribution in [3.05, 3.63) is 59.7 Å². The summed E-state index contributed by atoms with van der Waals surface area (Å²) >= 11 is 0. The number of carbonyl (C=O) groups is 1. The van der Waals surface area contributed by atoms with Crippen LogP contribution in [0.2, 0.25) is 0 Å². The summed E-state index contributed by atoms with van der Waals surface area (Å²) in [6.45, 7) is -0.573. The van der Waals surface area contributed by atoms with Gasteiger partial charge < -0.3 is 25.1 Å². The number of amides is 1. The molecular formula is C20H17F3N4O5. The second kappa shape index (κ2) is 9.29. The molecule has 0 aliphatic carbocycles. The molecule has 168 valence electrons. The fourth-order valence-corrected chi connectivity index (χ4v) is 2.77. The zero-order valence-electron chi connectivity index (χ0n) is 16.8. The second-order valence-electron chi connectivity index (χ2n) is 6.19. The topological polar surface area (TPSA) is 120 Å². The van der Waals surface area contributed by atoms with E-state index in [1.807, 2.05) is 0 Å². The van der Waals surface area contributed by atoms with Crippen LogP contribution in [-0.2, 0) is 6.61 Å². The summed E-state index contributed by atoms with van der Waals surface area (Å²) in [5.41, 5.74) is 4.65. The van der Waals surface area contributed by atoms with E-state index in [2.05, 4.69) is 9.97 Å². The van der Waals surface area contributed by atoms with Crippen molar-refractivity contribution in [3.63, 3.8) is 0 Å². The molecule has 2 aromatic carbocycles. The molecule has 32 heavy (non-hydrogen) atoms. The van der Waals surface area contributed by atoms with Crippen molar-refractivity contribution in [2.45, 2.75) is 6.61 Å². The predicted octanol–water partition coefficient (Wildman–Crippen LogP) is 3.89. The molecule has 0 aliphatic rings. The van der Waals surface area contributed by atoms with Crippen molar-refractivity contribution in [2.24, 2.45) is 0 Å². The molecule has 0 atom stereocenters. The van der Waals surface area contributed by atoms with Crippen LogP contribution < -0.4 is 24.8 Å². The van der Waals surface area contributed by atoms with Gasteiger partial charge in [0.25, 0.3) is 0 Å². The maximum Gasteiger partial charge on any atom is 0.419 e. The molecule has 3 aromatic rings. The zero-order valence-corrected chi connectivity index (χ0v) is 16.8. The lowest BCUT2D eigenvalue weighted by atomic mass is 10.1. The van der Waals surface area contributed by atoms with E-state index in [1.54, 1.807) is 0 Å². The second-order valence-corrected chi connectivity index (χ2v) is 6.19. The standard InChI is InChI=1S/C20H17F3N4O5/c1-30-14-6-15(31-2)17(23)11(16(14)22)9-32-10-7-25-19(26-8-10)27(20(28)29)18-12(21)4-3-5-13(18)24/h3-8H,9,24H2,1-2H3,(H,28,29). The molecule has 9 nitrogen and oxygen atoms in total. The Bertz CT molecular complexity index is 1100. The number of anilines is 3. The van der Waals surface area contributed by atoms with E-state index in [0.717, 1.165) is 24.5 Å². The number of methoxy groups -OCH3 is 2. The van der Waals surface area contributed by atoms with E-state index >= 15 is 0 Å². The van der Waals surface area contributed by atoms with Gasteiger partial charge in [-0.25, -0.2) is 32.8 Å². The highest BCUT2D eigenvalue weighted by Crippen LogP contribution is 2.33. The van der Waals surface area contributed by atoms with E-state index in [9.17, 15) is 23.1 Å². The number of hydrogen-bond donors (Lipinski definition) is 2. The third-order valence-corrected chi connectivity index (χ3v) is 4.30. The van der Waals surface area contributed by atoms with Crippen LogP contribution in [0.4, 0.5) is 35.3 Å². The highest BCUT2D eigenvalue weighted by atomic mass is 19.1. The van der Waals surface area contributed by atoms with Gasteiger partial charge in [-0.15, -0.1) is 0 Å². The van der Waals surface area contributed by atoms with E-state index in [-0.39, 0.29) is 22.9 Å². The van der Waals surface area contributed by atoms with Crippen molar-refractivity contribution >= 4 is 23.4 Å². The number of carboxylic acid groups (broad SMARTS) is 1. The van der Waals surface area contributed by atoms with Crippen molar-refractivity contribution in [3.8, 4) is 17.2 Å². The minimum atomic E-state index is -1.58. The van der Waals surface area contributed by atoms with Crippen LogP contribution in [0, 0.1) is 17.5 Å². The lowest BCUT2D eigenvalue weighted by Crippen LogP contribution is -2.27. The smallest absolute Gasteiger partial charge is 0.419 e. The number of nitrogens with two attached hydrogens (primary N) is 1. The average molecular weight is 450 g/mol. The Balaban J connectivity index is 1.86. The third kappa shape index (κ3) is 4.29. The van der Waals surface area contributed by atoms with Crippen LogP contribution in [0.3, 0.4) is 0 Å². The summed E-state index contributed by atoms with van der Waals surface area (Å²) in [7, 11) is 2.42. The Kier molecular flexibility index (Phi) is 6.52. The number of hydrogen-bond acceptors (Lipinski definition) is 7. The number of benzene rings is 2. The van der Waals surface area contributed by atoms with Gasteiger partial charge in [-0.3, -0.25) is 0 Å². The molecule has 0 radical (unpaired) electrons. The van der Waals surface area contributed by atoms with Crippen molar-refractivity contribution in [2.75, 3.05) is 24.9 Å². The normalized spacial score (nSPS) is 10.5. The number of nitrogens with zero attached hydrogens (tertiary/aromatic N) is 3. The van der Waals surface area contributed by atoms with Gasteiger partial charge in [0.1, 0.15) is 18.1 Å². The molecule has 0 spiro atoms. The highest BCUT2D eigenvalue weighted by Gasteiger charge is 2.26. The lowest BCUT2D eigenvalue weighted by Gasteiger charge is -2.19. The van der Waals surface area contributed by atoms with Crippen LogP contribution in [0.5, 0.6) is 17.2 Å². The molecular weight excluding hydrogens is 433 g/mol. The van der Waals surface area contributed by atoms with Gasteiger partial charge in [0.15, 0.2) is 28.9 Å². The van der Waals surface area contributed by atoms with Gasteiger partial charge >= 0.3 is 6.09 Å². The van der Waals surface area contributed by atoms with E-state index in [0.29, 0.717) is 4.90 Å². The Morgan fingerprint density at radius 3 is 2.19 bits per heavy atom. The monoisotopic (exact) mass is 450 g/mol. The maximum absolute atomic E-state index is 14.4. The van der Waals surface area contributed by atoms with E-state index < -0.39 is 47.4 Å². The summed E-state index contributed by atoms with van der Waals surface area (Å²) in [5, 5.41) is 9.50. The van der Waals surface area contributed by atoms with E-state index in [4.69, 9.17) is 19.9 Å². The fourth-order valence-electron chi connectivity index (χ4n) is 2.77. The summed E-state index contributed by atoms with van der Waals surface area (Å²) in [4.78, 5) is 19.8. The number of para-hydroxylation sites is 1. The van der Waals surface area contributed by atoms with Crippen molar-refractivity contribution in [1.82, 2.24) is 9.97 Å². The molecule has 1 aromatic heterocycles. The predicted molar refractivity (Wildman–Crippen MR) is 107 cm³/mol. The molecule has 0 saturated heterocycles. The SMILES string of the molecule is COc1cc(OC)c(F)c(COc2cnc(N(C(=O)O)c3c(N)cccc3F)nc2)c1F. The Morgan fingerprint density at radius 1 is 1.09 bits per heavy atom. The molecule has 0 bridgehead atoms. The minimum absolute atomic E-state index is 0.0406. The molecule has 3 N–H and O–H groups in total. The summed E-state index contributed by atoms with van der Waals surface area (Å²) in [6.07, 6.45) is 0.536. The van der Waals surface area contributed by atoms with Gasteiger partial charge in [0.05, 0.1) is 37.9 Å². The zero-order chi connectivity index (χ0) is 23.4. The van der Waals surface area contributed by atoms with E-state index in [1.165, 1.54) is 26.4 Å². The first-order valence-electron chi connectivity index (χ1n) is 8.89. The van der Waals surface area contributed by atoms with Gasteiger partial charge in [0.2, 0.25) is 5.95 Å². The number of aromatic nitrogens is 2. The molecule has 3 rings (SSSR count). The minimum Gasteiger partial charge on any atom is -0.494 e. The molecule has 1 amide bonds. The number of ether oxygens (including phenoxy) is 3. The molecule has 0 fully saturated rings. The Morgan fingerprint density at radius 2 is 1.69 bits per heavy atom. The first-order valence-corrected chi connectivity index (χ1v) is 8.89. The van der Waals surface area contributed by atoms with Crippen LogP contribution in [0.25, 0.3) is 0 Å². The van der Waals surface area contributed by atoms with Crippen LogP contribution in [0.1, 0.15) is 5.56 Å². The first kappa shape index (κ1) is 22.5. The Hall–Kier alpha value is -4.22. The van der Waals surface area contributed by atoms with Gasteiger partial charge in [0, 0.05) is 6.07 Å². The Labute approximate surface area is 179 Å². The number of rotatable bonds is 7. The van der Waals surface area contributed by atoms with Crippen LogP contribution >= 0.6 is 0 Å². The third-order valence-electron chi connectivity index (χ3n) is 4.30. The van der Waals surface area contributed by atoms with Crippen molar-refractivity contribution < 1.29 is 37.3 Å². The van der Waals surface area contributed by atoms with Crippen LogP contribution in [0.15, 0.2) is 36.7 Å². The van der Waals surface area contributed by atoms with Gasteiger partial charge in [-0.05, 0) is 12.1 Å². The quantitative estimate of drug-likeness (QED) is 0.521. The molecule has 12 heteroatoms. The number of halogens is 3. The average Bonchev–Trinajstić information content (AvgIpc) is 2.77.